The number of nitrogens with zero attached hydrogens (tertiary/aromatic N) is 1. The highest BCUT2D eigenvalue weighted by Gasteiger charge is 2.34. The van der Waals surface area contributed by atoms with E-state index in [1.54, 1.807) is 33.5 Å². The van der Waals surface area contributed by atoms with E-state index < -0.39 is 0 Å². The van der Waals surface area contributed by atoms with Crippen LogP contribution in [0.2, 0.25) is 0 Å². The Morgan fingerprint density at radius 2 is 2.04 bits per heavy atom. The van der Waals surface area contributed by atoms with E-state index in [-0.39, 0.29) is 11.9 Å². The van der Waals surface area contributed by atoms with Gasteiger partial charge in [-0.3, -0.25) is 4.79 Å². The summed E-state index contributed by atoms with van der Waals surface area (Å²) in [6.45, 7) is 1.03. The number of hydrogen-bond donors (Lipinski definition) is 0. The van der Waals surface area contributed by atoms with Crippen LogP contribution < -0.4 is 9.47 Å². The first-order valence-electron chi connectivity index (χ1n) is 8.28. The third-order valence-corrected chi connectivity index (χ3v) is 4.47. The molecule has 134 valence electrons. The molecule has 2 heterocycles. The maximum atomic E-state index is 12.9. The molecule has 6 nitrogen and oxygen atoms in total. The van der Waals surface area contributed by atoms with Gasteiger partial charge in [-0.15, -0.1) is 0 Å². The first kappa shape index (κ1) is 17.4. The van der Waals surface area contributed by atoms with E-state index in [0.717, 1.165) is 29.9 Å². The molecule has 2 aromatic rings. The fourth-order valence-electron chi connectivity index (χ4n) is 3.29. The fraction of sp³-hybridized carbons (Fsp3) is 0.421. The van der Waals surface area contributed by atoms with E-state index in [4.69, 9.17) is 18.6 Å². The third kappa shape index (κ3) is 3.49. The molecule has 25 heavy (non-hydrogen) atoms. The maximum Gasteiger partial charge on any atom is 0.290 e. The second-order valence-corrected chi connectivity index (χ2v) is 5.96. The zero-order valence-corrected chi connectivity index (χ0v) is 14.8. The second-order valence-electron chi connectivity index (χ2n) is 5.96. The van der Waals surface area contributed by atoms with Gasteiger partial charge >= 0.3 is 0 Å². The molecule has 1 amide bonds. The van der Waals surface area contributed by atoms with Crippen molar-refractivity contribution >= 4 is 5.91 Å². The van der Waals surface area contributed by atoms with Gasteiger partial charge in [-0.05, 0) is 43.2 Å². The molecule has 0 saturated carbocycles. The SMILES string of the molecule is COCc1ccc(C(=O)N2CCCC2c2cc(OC)ccc2OC)o1. The van der Waals surface area contributed by atoms with Crippen LogP contribution in [0, 0.1) is 0 Å². The largest absolute Gasteiger partial charge is 0.497 e. The predicted molar refractivity (Wildman–Crippen MR) is 92.0 cm³/mol. The number of ether oxygens (including phenoxy) is 3. The number of carbonyl (C=O) groups is 1. The van der Waals surface area contributed by atoms with Crippen LogP contribution in [0.1, 0.15) is 40.8 Å². The minimum Gasteiger partial charge on any atom is -0.497 e. The molecule has 1 aliphatic rings. The van der Waals surface area contributed by atoms with Crippen molar-refractivity contribution in [2.45, 2.75) is 25.5 Å². The van der Waals surface area contributed by atoms with Crippen LogP contribution in [-0.2, 0) is 11.3 Å². The highest BCUT2D eigenvalue weighted by molar-refractivity contribution is 5.92. The molecule has 0 bridgehead atoms. The summed E-state index contributed by atoms with van der Waals surface area (Å²) in [5.74, 6) is 2.36. The maximum absolute atomic E-state index is 12.9. The molecule has 1 fully saturated rings. The normalized spacial score (nSPS) is 16.9. The van der Waals surface area contributed by atoms with Gasteiger partial charge in [0.15, 0.2) is 5.76 Å². The minimum atomic E-state index is -0.116. The Hall–Kier alpha value is -2.47. The van der Waals surface area contributed by atoms with Gasteiger partial charge in [-0.1, -0.05) is 0 Å². The average Bonchev–Trinajstić information content (AvgIpc) is 3.30. The first-order chi connectivity index (χ1) is 12.2. The van der Waals surface area contributed by atoms with Gasteiger partial charge < -0.3 is 23.5 Å². The standard InChI is InChI=1S/C19H23NO5/c1-22-12-14-7-9-18(25-14)19(21)20-10-4-5-16(20)15-11-13(23-2)6-8-17(15)24-3/h6-9,11,16H,4-5,10,12H2,1-3H3. The lowest BCUT2D eigenvalue weighted by Crippen LogP contribution is -2.30. The molecule has 1 aromatic carbocycles. The Labute approximate surface area is 147 Å². The number of rotatable bonds is 6. The van der Waals surface area contributed by atoms with Crippen LogP contribution in [-0.4, -0.2) is 38.7 Å². The van der Waals surface area contributed by atoms with Crippen molar-refractivity contribution in [3.63, 3.8) is 0 Å². The van der Waals surface area contributed by atoms with Crippen molar-refractivity contribution in [2.24, 2.45) is 0 Å². The molecule has 1 aliphatic heterocycles. The molecular formula is C19H23NO5. The van der Waals surface area contributed by atoms with E-state index in [2.05, 4.69) is 0 Å². The highest BCUT2D eigenvalue weighted by Crippen LogP contribution is 2.39. The Morgan fingerprint density at radius 1 is 1.20 bits per heavy atom. The highest BCUT2D eigenvalue weighted by atomic mass is 16.5. The van der Waals surface area contributed by atoms with Gasteiger partial charge in [0, 0.05) is 19.2 Å². The van der Waals surface area contributed by atoms with Crippen molar-refractivity contribution < 1.29 is 23.4 Å². The fourth-order valence-corrected chi connectivity index (χ4v) is 3.29. The summed E-state index contributed by atoms with van der Waals surface area (Å²) in [6, 6.07) is 9.08. The van der Waals surface area contributed by atoms with Crippen LogP contribution >= 0.6 is 0 Å². The number of benzene rings is 1. The van der Waals surface area contributed by atoms with E-state index in [1.165, 1.54) is 0 Å². The van der Waals surface area contributed by atoms with E-state index in [9.17, 15) is 4.79 Å². The Balaban J connectivity index is 1.88. The first-order valence-corrected chi connectivity index (χ1v) is 8.28. The van der Waals surface area contributed by atoms with Crippen molar-refractivity contribution in [1.82, 2.24) is 4.90 Å². The molecule has 1 unspecified atom stereocenters. The van der Waals surface area contributed by atoms with Crippen molar-refractivity contribution in [3.05, 3.63) is 47.4 Å². The van der Waals surface area contributed by atoms with Gasteiger partial charge in [0.05, 0.1) is 20.3 Å². The predicted octanol–water partition coefficient (Wildman–Crippen LogP) is 3.42. The molecule has 1 aromatic heterocycles. The number of likely N-dealkylation sites (tertiary alicyclic amines) is 1. The summed E-state index contributed by atoms with van der Waals surface area (Å²) in [5, 5.41) is 0. The topological polar surface area (TPSA) is 61.1 Å². The number of furan rings is 1. The molecular weight excluding hydrogens is 322 g/mol. The molecule has 1 saturated heterocycles. The van der Waals surface area contributed by atoms with Crippen molar-refractivity contribution in [1.29, 1.82) is 0 Å². The summed E-state index contributed by atoms with van der Waals surface area (Å²) >= 11 is 0. The zero-order valence-electron chi connectivity index (χ0n) is 14.8. The lowest BCUT2D eigenvalue weighted by Gasteiger charge is -2.26. The van der Waals surface area contributed by atoms with Gasteiger partial charge in [0.25, 0.3) is 5.91 Å². The van der Waals surface area contributed by atoms with Gasteiger partial charge in [0.1, 0.15) is 23.9 Å². The quantitative estimate of drug-likeness (QED) is 0.803. The average molecular weight is 345 g/mol. The van der Waals surface area contributed by atoms with E-state index >= 15 is 0 Å². The van der Waals surface area contributed by atoms with Crippen LogP contribution in [0.5, 0.6) is 11.5 Å². The molecule has 0 radical (unpaired) electrons. The molecule has 0 spiro atoms. The van der Waals surface area contributed by atoms with Crippen molar-refractivity contribution in [3.8, 4) is 11.5 Å². The van der Waals surface area contributed by atoms with Crippen LogP contribution in [0.3, 0.4) is 0 Å². The monoisotopic (exact) mass is 345 g/mol. The molecule has 0 aliphatic carbocycles. The third-order valence-electron chi connectivity index (χ3n) is 4.47. The Bertz CT molecular complexity index is 739. The smallest absolute Gasteiger partial charge is 0.290 e. The van der Waals surface area contributed by atoms with Gasteiger partial charge in [-0.25, -0.2) is 0 Å². The number of methoxy groups -OCH3 is 3. The molecule has 1 atom stereocenters. The number of hydrogen-bond acceptors (Lipinski definition) is 5. The molecule has 6 heteroatoms. The van der Waals surface area contributed by atoms with Gasteiger partial charge in [-0.2, -0.15) is 0 Å². The van der Waals surface area contributed by atoms with Crippen LogP contribution in [0.15, 0.2) is 34.7 Å². The number of carbonyl (C=O) groups excluding carboxylic acids is 1. The zero-order chi connectivity index (χ0) is 17.8. The van der Waals surface area contributed by atoms with Crippen molar-refractivity contribution in [2.75, 3.05) is 27.9 Å². The summed E-state index contributed by atoms with van der Waals surface area (Å²) < 4.78 is 21.5. The summed E-state index contributed by atoms with van der Waals surface area (Å²) in [6.07, 6.45) is 1.81. The van der Waals surface area contributed by atoms with Gasteiger partial charge in [0.2, 0.25) is 0 Å². The molecule has 3 rings (SSSR count). The lowest BCUT2D eigenvalue weighted by atomic mass is 10.0. The Morgan fingerprint density at radius 3 is 2.76 bits per heavy atom. The van der Waals surface area contributed by atoms with Crippen LogP contribution in [0.4, 0.5) is 0 Å². The summed E-state index contributed by atoms with van der Waals surface area (Å²) in [5.41, 5.74) is 0.955. The molecule has 0 N–H and O–H groups in total. The Kier molecular flexibility index (Phi) is 5.28. The second kappa shape index (κ2) is 7.61. The lowest BCUT2D eigenvalue weighted by molar-refractivity contribution is 0.0694. The van der Waals surface area contributed by atoms with Crippen LogP contribution in [0.25, 0.3) is 0 Å². The minimum absolute atomic E-state index is 0.0616. The summed E-state index contributed by atoms with van der Waals surface area (Å²) in [4.78, 5) is 14.8. The summed E-state index contributed by atoms with van der Waals surface area (Å²) in [7, 11) is 4.86. The number of amides is 1. The van der Waals surface area contributed by atoms with E-state index in [1.807, 2.05) is 23.1 Å². The van der Waals surface area contributed by atoms with E-state index in [0.29, 0.717) is 24.7 Å².